The molecule has 0 saturated heterocycles. The molecule has 0 aromatic carbocycles. The zero-order chi connectivity index (χ0) is 8.04. The van der Waals surface area contributed by atoms with Gasteiger partial charge < -0.3 is 0 Å². The number of rotatable bonds is 4. The smallest absolute Gasteiger partial charge is 0.0177 e. The van der Waals surface area contributed by atoms with Gasteiger partial charge in [0.25, 0.3) is 0 Å². The Morgan fingerprint density at radius 1 is 1.40 bits per heavy atom. The largest absolute Gasteiger partial charge is 0.0880 e. The van der Waals surface area contributed by atoms with Crippen LogP contribution in [0.15, 0.2) is 12.2 Å². The minimum atomic E-state index is 0.384. The van der Waals surface area contributed by atoms with Crippen LogP contribution < -0.4 is 0 Å². The molecule has 0 amide bonds. The van der Waals surface area contributed by atoms with Gasteiger partial charge in [-0.1, -0.05) is 39.8 Å². The first-order chi connectivity index (χ1) is 4.62. The van der Waals surface area contributed by atoms with Crippen LogP contribution in [0.5, 0.6) is 0 Å². The third-order valence-corrected chi connectivity index (χ3v) is 1.85. The second-order valence-electron chi connectivity index (χ2n) is 3.39. The van der Waals surface area contributed by atoms with Crippen LogP contribution in [0.2, 0.25) is 0 Å². The molecule has 10 heavy (non-hydrogen) atoms. The molecule has 59 valence electrons. The third-order valence-electron chi connectivity index (χ3n) is 1.85. The van der Waals surface area contributed by atoms with Crippen LogP contribution in [0.3, 0.4) is 0 Å². The highest BCUT2D eigenvalue weighted by Crippen LogP contribution is 2.21. The van der Waals surface area contributed by atoms with E-state index in [0.29, 0.717) is 5.41 Å². The zero-order valence-electron chi connectivity index (χ0n) is 7.48. The molecule has 0 aromatic rings. The lowest BCUT2D eigenvalue weighted by atomic mass is 9.90. The first kappa shape index (κ1) is 9.74. The van der Waals surface area contributed by atoms with Gasteiger partial charge in [0.15, 0.2) is 0 Å². The Labute approximate surface area is 65.3 Å². The van der Waals surface area contributed by atoms with Crippen molar-refractivity contribution in [1.82, 2.24) is 0 Å². The zero-order valence-corrected chi connectivity index (χ0v) is 7.48. The van der Waals surface area contributed by atoms with Crippen molar-refractivity contribution in [3.8, 4) is 0 Å². The summed E-state index contributed by atoms with van der Waals surface area (Å²) in [6, 6.07) is 0. The number of allylic oxidation sites excluding steroid dienone is 2. The lowest BCUT2D eigenvalue weighted by Gasteiger charge is -2.16. The van der Waals surface area contributed by atoms with E-state index in [4.69, 9.17) is 0 Å². The number of hydrogen-bond donors (Lipinski definition) is 0. The van der Waals surface area contributed by atoms with Crippen LogP contribution >= 0.6 is 0 Å². The van der Waals surface area contributed by atoms with Crippen LogP contribution in [-0.2, 0) is 0 Å². The molecule has 0 atom stereocenters. The van der Waals surface area contributed by atoms with Gasteiger partial charge in [0.1, 0.15) is 0 Å². The summed E-state index contributed by atoms with van der Waals surface area (Å²) < 4.78 is 0. The van der Waals surface area contributed by atoms with E-state index in [1.807, 2.05) is 0 Å². The van der Waals surface area contributed by atoms with Crippen LogP contribution in [0.4, 0.5) is 0 Å². The van der Waals surface area contributed by atoms with E-state index in [9.17, 15) is 0 Å². The Hall–Kier alpha value is -0.260. The van der Waals surface area contributed by atoms with E-state index in [1.54, 1.807) is 0 Å². The molecule has 0 N–H and O–H groups in total. The maximum atomic E-state index is 3.78. The quantitative estimate of drug-likeness (QED) is 0.522. The fourth-order valence-corrected chi connectivity index (χ4v) is 0.638. The van der Waals surface area contributed by atoms with Crippen molar-refractivity contribution < 1.29 is 0 Å². The topological polar surface area (TPSA) is 0 Å². The lowest BCUT2D eigenvalue weighted by molar-refractivity contribution is 0.461. The molecule has 0 rings (SSSR count). The van der Waals surface area contributed by atoms with E-state index in [0.717, 1.165) is 12.8 Å². The molecule has 0 nitrogen and oxygen atoms in total. The van der Waals surface area contributed by atoms with Crippen molar-refractivity contribution in [2.45, 2.75) is 40.0 Å². The standard InChI is InChI=1S/C10H19/c1-5-7-8-9-10(3,4)6-2/h8-9H,1,5-7H2,2-4H3. The Kier molecular flexibility index (Phi) is 4.42. The minimum absolute atomic E-state index is 0.384. The molecular weight excluding hydrogens is 120 g/mol. The second-order valence-corrected chi connectivity index (χ2v) is 3.39. The highest BCUT2D eigenvalue weighted by atomic mass is 14.1. The molecule has 0 aromatic heterocycles. The Bertz CT molecular complexity index is 98.6. The Morgan fingerprint density at radius 3 is 2.40 bits per heavy atom. The predicted octanol–water partition coefficient (Wildman–Crippen LogP) is 3.59. The molecule has 0 fully saturated rings. The maximum absolute atomic E-state index is 3.78. The molecule has 0 aliphatic heterocycles. The summed E-state index contributed by atoms with van der Waals surface area (Å²) in [5.41, 5.74) is 0.384. The molecule has 0 aliphatic rings. The lowest BCUT2D eigenvalue weighted by Crippen LogP contribution is -2.03. The van der Waals surface area contributed by atoms with E-state index >= 15 is 0 Å². The van der Waals surface area contributed by atoms with Crippen molar-refractivity contribution >= 4 is 0 Å². The summed E-state index contributed by atoms with van der Waals surface area (Å²) in [6.45, 7) is 10.5. The van der Waals surface area contributed by atoms with Gasteiger partial charge in [0.2, 0.25) is 0 Å². The predicted molar refractivity (Wildman–Crippen MR) is 47.8 cm³/mol. The highest BCUT2D eigenvalue weighted by molar-refractivity contribution is 4.93. The van der Waals surface area contributed by atoms with E-state index in [2.05, 4.69) is 39.8 Å². The molecule has 0 bridgehead atoms. The number of hydrogen-bond acceptors (Lipinski definition) is 0. The summed E-state index contributed by atoms with van der Waals surface area (Å²) in [5, 5.41) is 0. The SMILES string of the molecule is [CH2]CCC=CC(C)(C)CC. The van der Waals surface area contributed by atoms with Gasteiger partial charge in [-0.2, -0.15) is 0 Å². The van der Waals surface area contributed by atoms with Gasteiger partial charge >= 0.3 is 0 Å². The Morgan fingerprint density at radius 2 is 2.00 bits per heavy atom. The van der Waals surface area contributed by atoms with Gasteiger partial charge in [-0.15, -0.1) is 0 Å². The summed E-state index contributed by atoms with van der Waals surface area (Å²) in [7, 11) is 0. The summed E-state index contributed by atoms with van der Waals surface area (Å²) in [6.07, 6.45) is 7.86. The van der Waals surface area contributed by atoms with Crippen LogP contribution in [-0.4, -0.2) is 0 Å². The molecule has 0 heteroatoms. The monoisotopic (exact) mass is 139 g/mol. The fourth-order valence-electron chi connectivity index (χ4n) is 0.638. The summed E-state index contributed by atoms with van der Waals surface area (Å²) >= 11 is 0. The van der Waals surface area contributed by atoms with Crippen LogP contribution in [0, 0.1) is 12.3 Å². The van der Waals surface area contributed by atoms with E-state index in [-0.39, 0.29) is 0 Å². The average molecular weight is 139 g/mol. The molecule has 0 aliphatic carbocycles. The van der Waals surface area contributed by atoms with Crippen molar-refractivity contribution in [3.05, 3.63) is 19.1 Å². The van der Waals surface area contributed by atoms with Crippen molar-refractivity contribution in [2.24, 2.45) is 5.41 Å². The highest BCUT2D eigenvalue weighted by Gasteiger charge is 2.08. The van der Waals surface area contributed by atoms with Crippen LogP contribution in [0.1, 0.15) is 40.0 Å². The van der Waals surface area contributed by atoms with Gasteiger partial charge in [0.05, 0.1) is 0 Å². The Balaban J connectivity index is 3.63. The third kappa shape index (κ3) is 4.60. The van der Waals surface area contributed by atoms with Gasteiger partial charge in [-0.05, 0) is 24.7 Å². The van der Waals surface area contributed by atoms with E-state index in [1.165, 1.54) is 6.42 Å². The molecule has 1 radical (unpaired) electrons. The molecule has 0 saturated carbocycles. The van der Waals surface area contributed by atoms with Gasteiger partial charge in [-0.25, -0.2) is 0 Å². The average Bonchev–Trinajstić information content (AvgIpc) is 1.89. The summed E-state index contributed by atoms with van der Waals surface area (Å²) in [5.74, 6) is 0. The van der Waals surface area contributed by atoms with E-state index < -0.39 is 0 Å². The molecule has 0 heterocycles. The number of unbranched alkanes of at least 4 members (excludes halogenated alkanes) is 1. The minimum Gasteiger partial charge on any atom is -0.0880 e. The molecular formula is C10H19. The van der Waals surface area contributed by atoms with Gasteiger partial charge in [-0.3, -0.25) is 0 Å². The summed E-state index contributed by atoms with van der Waals surface area (Å²) in [4.78, 5) is 0. The van der Waals surface area contributed by atoms with Crippen molar-refractivity contribution in [1.29, 1.82) is 0 Å². The first-order valence-corrected chi connectivity index (χ1v) is 4.09. The van der Waals surface area contributed by atoms with Crippen molar-refractivity contribution in [2.75, 3.05) is 0 Å². The van der Waals surface area contributed by atoms with Crippen LogP contribution in [0.25, 0.3) is 0 Å². The van der Waals surface area contributed by atoms with Gasteiger partial charge in [0, 0.05) is 0 Å². The molecule has 0 spiro atoms. The van der Waals surface area contributed by atoms with Crippen molar-refractivity contribution in [3.63, 3.8) is 0 Å². The maximum Gasteiger partial charge on any atom is -0.0177 e. The molecule has 0 unspecified atom stereocenters. The normalized spacial score (nSPS) is 12.8. The fraction of sp³-hybridized carbons (Fsp3) is 0.700. The second kappa shape index (κ2) is 4.54. The first-order valence-electron chi connectivity index (χ1n) is 4.09.